The molecule has 0 fully saturated rings. The average Bonchev–Trinajstić information content (AvgIpc) is 2.55. The molecule has 0 aliphatic rings. The molecule has 1 rings (SSSR count). The van der Waals surface area contributed by atoms with Crippen LogP contribution in [0.3, 0.4) is 0 Å². The second-order valence-electron chi connectivity index (χ2n) is 6.71. The maximum atomic E-state index is 9.75. The second kappa shape index (κ2) is 13.6. The van der Waals surface area contributed by atoms with Crippen molar-refractivity contribution in [2.45, 2.75) is 65.5 Å². The molecule has 0 N–H and O–H groups in total. The van der Waals surface area contributed by atoms with Crippen molar-refractivity contribution in [1.29, 1.82) is 0 Å². The molecule has 0 aromatic heterocycles. The topological polar surface area (TPSA) is 0 Å². The fourth-order valence-electron chi connectivity index (χ4n) is 3.02. The van der Waals surface area contributed by atoms with Crippen LogP contribution < -0.4 is 0 Å². The SMILES string of the molecule is CCCC[P+](CCCC)(CCCC)Cc1ccccc1.F[B-](F)(F)F. The predicted molar refractivity (Wildman–Crippen MR) is 107 cm³/mol. The van der Waals surface area contributed by atoms with Crippen LogP contribution in [0.25, 0.3) is 0 Å². The highest BCUT2D eigenvalue weighted by Gasteiger charge is 2.35. The standard InChI is InChI=1S/C19H34P.BF4/c1-4-7-15-20(16-8-5-2,17-9-6-3)18-19-13-11-10-12-14-19;2-1(3,4)5/h10-14H,4-9,15-18H2,1-3H3;/q+1;-1. The predicted octanol–water partition coefficient (Wildman–Crippen LogP) is 7.90. The van der Waals surface area contributed by atoms with E-state index in [2.05, 4.69) is 51.1 Å². The van der Waals surface area contributed by atoms with Gasteiger partial charge in [0.05, 0.1) is 24.6 Å². The lowest BCUT2D eigenvalue weighted by atomic mass is 10.2. The van der Waals surface area contributed by atoms with Gasteiger partial charge in [0.25, 0.3) is 0 Å². The van der Waals surface area contributed by atoms with E-state index in [0.717, 1.165) is 0 Å². The summed E-state index contributed by atoms with van der Waals surface area (Å²) < 4.78 is 39.0. The van der Waals surface area contributed by atoms with Gasteiger partial charge in [-0.25, -0.2) is 0 Å². The molecule has 0 nitrogen and oxygen atoms in total. The highest BCUT2D eigenvalue weighted by Crippen LogP contribution is 2.63. The minimum Gasteiger partial charge on any atom is -0.418 e. The fraction of sp³-hybridized carbons (Fsp3) is 0.684. The quantitative estimate of drug-likeness (QED) is 0.208. The van der Waals surface area contributed by atoms with Crippen LogP contribution in [0.2, 0.25) is 0 Å². The van der Waals surface area contributed by atoms with Crippen molar-refractivity contribution in [3.63, 3.8) is 0 Å². The Kier molecular flexibility index (Phi) is 13.3. The number of hydrogen-bond acceptors (Lipinski definition) is 0. The molecule has 0 unspecified atom stereocenters. The first kappa shape index (κ1) is 24.4. The Bertz CT molecular complexity index is 395. The van der Waals surface area contributed by atoms with Crippen molar-refractivity contribution in [2.75, 3.05) is 18.5 Å². The number of benzene rings is 1. The first-order chi connectivity index (χ1) is 11.8. The first-order valence-corrected chi connectivity index (χ1v) is 12.1. The van der Waals surface area contributed by atoms with Gasteiger partial charge < -0.3 is 17.3 Å². The van der Waals surface area contributed by atoms with Crippen molar-refractivity contribution in [2.24, 2.45) is 0 Å². The van der Waals surface area contributed by atoms with Crippen LogP contribution in [-0.4, -0.2) is 25.7 Å². The third kappa shape index (κ3) is 14.3. The number of unbranched alkanes of at least 4 members (excludes halogenated alkanes) is 3. The van der Waals surface area contributed by atoms with E-state index in [1.165, 1.54) is 63.2 Å². The van der Waals surface area contributed by atoms with Gasteiger partial charge in [0.2, 0.25) is 0 Å². The second-order valence-corrected chi connectivity index (χ2v) is 11.1. The Morgan fingerprint density at radius 3 is 1.40 bits per heavy atom. The molecule has 0 saturated carbocycles. The molecule has 1 aromatic rings. The van der Waals surface area contributed by atoms with E-state index in [1.54, 1.807) is 5.56 Å². The molecule has 0 heterocycles. The van der Waals surface area contributed by atoms with E-state index in [0.29, 0.717) is 0 Å². The van der Waals surface area contributed by atoms with Gasteiger partial charge in [0, 0.05) is 7.26 Å². The molecule has 0 atom stereocenters. The normalized spacial score (nSPS) is 11.8. The zero-order chi connectivity index (χ0) is 19.2. The van der Waals surface area contributed by atoms with Crippen LogP contribution in [0.4, 0.5) is 17.3 Å². The van der Waals surface area contributed by atoms with Crippen LogP contribution in [-0.2, 0) is 6.16 Å². The highest BCUT2D eigenvalue weighted by molar-refractivity contribution is 7.75. The zero-order valence-corrected chi connectivity index (χ0v) is 16.9. The van der Waals surface area contributed by atoms with Gasteiger partial charge in [-0.2, -0.15) is 0 Å². The minimum atomic E-state index is -6.00. The molecule has 1 aromatic carbocycles. The lowest BCUT2D eigenvalue weighted by Crippen LogP contribution is -2.11. The number of halogens is 4. The summed E-state index contributed by atoms with van der Waals surface area (Å²) in [6, 6.07) is 11.3. The van der Waals surface area contributed by atoms with E-state index >= 15 is 0 Å². The molecule has 0 aliphatic carbocycles. The zero-order valence-electron chi connectivity index (χ0n) is 16.0. The number of rotatable bonds is 11. The third-order valence-corrected chi connectivity index (χ3v) is 9.15. The van der Waals surface area contributed by atoms with E-state index < -0.39 is 14.5 Å². The minimum absolute atomic E-state index is 0.768. The van der Waals surface area contributed by atoms with E-state index in [4.69, 9.17) is 0 Å². The summed E-state index contributed by atoms with van der Waals surface area (Å²) in [5, 5.41) is 0. The number of hydrogen-bond donors (Lipinski definition) is 0. The Hall–Kier alpha value is -0.565. The van der Waals surface area contributed by atoms with E-state index in [9.17, 15) is 17.3 Å². The summed E-state index contributed by atoms with van der Waals surface area (Å²) in [6.45, 7) is 7.03. The smallest absolute Gasteiger partial charge is 0.418 e. The van der Waals surface area contributed by atoms with Gasteiger partial charge >= 0.3 is 7.25 Å². The van der Waals surface area contributed by atoms with E-state index in [-0.39, 0.29) is 0 Å². The first-order valence-electron chi connectivity index (χ1n) is 9.52. The van der Waals surface area contributed by atoms with E-state index in [1.807, 2.05) is 0 Å². The Morgan fingerprint density at radius 2 is 1.08 bits per heavy atom. The highest BCUT2D eigenvalue weighted by atomic mass is 31.2. The van der Waals surface area contributed by atoms with Gasteiger partial charge in [-0.15, -0.1) is 0 Å². The summed E-state index contributed by atoms with van der Waals surface area (Å²) in [4.78, 5) is 0. The Labute approximate surface area is 152 Å². The van der Waals surface area contributed by atoms with Gasteiger partial charge in [0.1, 0.15) is 0 Å². The summed E-state index contributed by atoms with van der Waals surface area (Å²) in [7, 11) is -6.77. The molecule has 0 aliphatic heterocycles. The molecule has 25 heavy (non-hydrogen) atoms. The maximum absolute atomic E-state index is 9.75. The van der Waals surface area contributed by atoms with Crippen molar-refractivity contribution in [1.82, 2.24) is 0 Å². The summed E-state index contributed by atoms with van der Waals surface area (Å²) in [5.74, 6) is 0. The molecular weight excluding hydrogens is 346 g/mol. The summed E-state index contributed by atoms with van der Waals surface area (Å²) in [6.07, 6.45) is 14.4. The lowest BCUT2D eigenvalue weighted by molar-refractivity contribution is 0.368. The largest absolute Gasteiger partial charge is 0.673 e. The maximum Gasteiger partial charge on any atom is 0.673 e. The van der Waals surface area contributed by atoms with Crippen molar-refractivity contribution in [3.8, 4) is 0 Å². The Morgan fingerprint density at radius 1 is 0.720 bits per heavy atom. The third-order valence-electron chi connectivity index (χ3n) is 4.32. The van der Waals surface area contributed by atoms with Crippen molar-refractivity contribution >= 4 is 14.5 Å². The van der Waals surface area contributed by atoms with Crippen LogP contribution in [0.15, 0.2) is 30.3 Å². The summed E-state index contributed by atoms with van der Waals surface area (Å²) >= 11 is 0. The summed E-state index contributed by atoms with van der Waals surface area (Å²) in [5.41, 5.74) is 1.59. The van der Waals surface area contributed by atoms with Crippen LogP contribution in [0.1, 0.15) is 64.9 Å². The molecule has 0 spiro atoms. The van der Waals surface area contributed by atoms with Gasteiger partial charge in [-0.1, -0.05) is 70.4 Å². The van der Waals surface area contributed by atoms with Crippen molar-refractivity contribution in [3.05, 3.63) is 35.9 Å². The molecule has 0 saturated heterocycles. The Balaban J connectivity index is 0.00000101. The van der Waals surface area contributed by atoms with Crippen LogP contribution in [0.5, 0.6) is 0 Å². The lowest BCUT2D eigenvalue weighted by Gasteiger charge is -2.28. The molecule has 0 amide bonds. The molecule has 146 valence electrons. The molecule has 6 heteroatoms. The monoisotopic (exact) mass is 380 g/mol. The fourth-order valence-corrected chi connectivity index (χ4v) is 8.12. The van der Waals surface area contributed by atoms with Gasteiger partial charge in [0.15, 0.2) is 0 Å². The molecule has 0 bridgehead atoms. The van der Waals surface area contributed by atoms with Crippen LogP contribution >= 0.6 is 7.26 Å². The van der Waals surface area contributed by atoms with Crippen molar-refractivity contribution < 1.29 is 17.3 Å². The van der Waals surface area contributed by atoms with Gasteiger partial charge in [-0.3, -0.25) is 0 Å². The molecular formula is C19H34BF4P. The van der Waals surface area contributed by atoms with Crippen LogP contribution in [0, 0.1) is 0 Å². The van der Waals surface area contributed by atoms with Gasteiger partial charge in [-0.05, 0) is 24.8 Å². The average molecular weight is 380 g/mol. The molecule has 0 radical (unpaired) electrons.